The topological polar surface area (TPSA) is 85.1 Å². The number of phenols is 1. The average molecular weight is 317 g/mol. The third kappa shape index (κ3) is 4.03. The van der Waals surface area contributed by atoms with Gasteiger partial charge in [0, 0.05) is 24.5 Å². The molecule has 7 heteroatoms. The standard InChI is InChI=1S/C16H19N3O4/c1-19-6-4-5-12(19)9-15(20)18-17-10-11-7-13(22-2)16(21)14(8-11)23-3/h4-8,10,21H,9H2,1-3H3,(H,18,20)/b17-10-. The number of amides is 1. The second-order valence-electron chi connectivity index (χ2n) is 4.85. The van der Waals surface area contributed by atoms with Crippen LogP contribution in [-0.4, -0.2) is 36.0 Å². The van der Waals surface area contributed by atoms with Crippen molar-refractivity contribution in [1.29, 1.82) is 0 Å². The number of carbonyl (C=O) groups is 1. The van der Waals surface area contributed by atoms with Crippen LogP contribution in [0.2, 0.25) is 0 Å². The number of phenolic OH excluding ortho intramolecular Hbond substituents is 1. The van der Waals surface area contributed by atoms with Gasteiger partial charge in [0.15, 0.2) is 11.5 Å². The van der Waals surface area contributed by atoms with Crippen LogP contribution in [0.5, 0.6) is 17.2 Å². The molecule has 0 radical (unpaired) electrons. The summed E-state index contributed by atoms with van der Waals surface area (Å²) in [4.78, 5) is 11.8. The van der Waals surface area contributed by atoms with Gasteiger partial charge in [0.1, 0.15) is 0 Å². The van der Waals surface area contributed by atoms with Crippen molar-refractivity contribution in [3.8, 4) is 17.2 Å². The zero-order valence-corrected chi connectivity index (χ0v) is 13.2. The summed E-state index contributed by atoms with van der Waals surface area (Å²) in [6.45, 7) is 0. The number of carbonyl (C=O) groups excluding carboxylic acids is 1. The van der Waals surface area contributed by atoms with E-state index in [0.717, 1.165) is 5.69 Å². The third-order valence-corrected chi connectivity index (χ3v) is 3.30. The minimum absolute atomic E-state index is 0.0834. The lowest BCUT2D eigenvalue weighted by molar-refractivity contribution is -0.120. The number of hydrogen-bond donors (Lipinski definition) is 2. The number of aromatic nitrogens is 1. The number of benzene rings is 1. The van der Waals surface area contributed by atoms with Gasteiger partial charge in [0.2, 0.25) is 11.7 Å². The van der Waals surface area contributed by atoms with Crippen molar-refractivity contribution < 1.29 is 19.4 Å². The van der Waals surface area contributed by atoms with Crippen molar-refractivity contribution in [2.45, 2.75) is 6.42 Å². The monoisotopic (exact) mass is 317 g/mol. The van der Waals surface area contributed by atoms with Crippen molar-refractivity contribution in [3.05, 3.63) is 41.7 Å². The molecule has 2 N–H and O–H groups in total. The maximum Gasteiger partial charge on any atom is 0.245 e. The fourth-order valence-corrected chi connectivity index (χ4v) is 2.05. The minimum atomic E-state index is -0.222. The molecule has 0 fully saturated rings. The van der Waals surface area contributed by atoms with Gasteiger partial charge in [-0.1, -0.05) is 0 Å². The van der Waals surface area contributed by atoms with E-state index in [-0.39, 0.29) is 29.6 Å². The summed E-state index contributed by atoms with van der Waals surface area (Å²) in [5.74, 6) is 0.225. The first-order valence-electron chi connectivity index (χ1n) is 6.92. The molecular weight excluding hydrogens is 298 g/mol. The maximum absolute atomic E-state index is 11.8. The van der Waals surface area contributed by atoms with E-state index in [1.807, 2.05) is 29.9 Å². The van der Waals surface area contributed by atoms with Crippen molar-refractivity contribution in [2.24, 2.45) is 12.1 Å². The fourth-order valence-electron chi connectivity index (χ4n) is 2.05. The van der Waals surface area contributed by atoms with E-state index in [4.69, 9.17) is 9.47 Å². The summed E-state index contributed by atoms with van der Waals surface area (Å²) in [5.41, 5.74) is 3.97. The lowest BCUT2D eigenvalue weighted by Gasteiger charge is -2.09. The van der Waals surface area contributed by atoms with Gasteiger partial charge in [-0.2, -0.15) is 5.10 Å². The Bertz CT molecular complexity index is 697. The van der Waals surface area contributed by atoms with Crippen molar-refractivity contribution in [3.63, 3.8) is 0 Å². The molecule has 2 rings (SSSR count). The lowest BCUT2D eigenvalue weighted by Crippen LogP contribution is -2.20. The maximum atomic E-state index is 11.8. The van der Waals surface area contributed by atoms with Crippen LogP contribution in [0.3, 0.4) is 0 Å². The molecule has 1 heterocycles. The van der Waals surface area contributed by atoms with Gasteiger partial charge < -0.3 is 19.1 Å². The number of hydrogen-bond acceptors (Lipinski definition) is 5. The Balaban J connectivity index is 2.03. The lowest BCUT2D eigenvalue weighted by atomic mass is 10.2. The first-order valence-corrected chi connectivity index (χ1v) is 6.92. The molecular formula is C16H19N3O4. The predicted molar refractivity (Wildman–Crippen MR) is 86.1 cm³/mol. The second kappa shape index (κ2) is 7.35. The number of nitrogens with zero attached hydrogens (tertiary/aromatic N) is 2. The van der Waals surface area contributed by atoms with Gasteiger partial charge in [-0.05, 0) is 24.3 Å². The van der Waals surface area contributed by atoms with Gasteiger partial charge in [0.05, 0.1) is 26.9 Å². The first-order chi connectivity index (χ1) is 11.0. The summed E-state index contributed by atoms with van der Waals surface area (Å²) < 4.78 is 12.0. The Morgan fingerprint density at radius 3 is 2.52 bits per heavy atom. The fraction of sp³-hybridized carbons (Fsp3) is 0.250. The molecule has 0 bridgehead atoms. The van der Waals surface area contributed by atoms with E-state index in [0.29, 0.717) is 5.56 Å². The summed E-state index contributed by atoms with van der Waals surface area (Å²) in [5, 5.41) is 13.7. The van der Waals surface area contributed by atoms with E-state index in [9.17, 15) is 9.90 Å². The Labute approximate surface area is 134 Å². The second-order valence-corrected chi connectivity index (χ2v) is 4.85. The van der Waals surface area contributed by atoms with E-state index in [1.54, 1.807) is 12.1 Å². The third-order valence-electron chi connectivity index (χ3n) is 3.30. The number of ether oxygens (including phenoxy) is 2. The molecule has 1 aromatic carbocycles. The van der Waals surface area contributed by atoms with E-state index >= 15 is 0 Å². The predicted octanol–water partition coefficient (Wildman–Crippen LogP) is 1.44. The molecule has 0 aliphatic heterocycles. The first kappa shape index (κ1) is 16.4. The van der Waals surface area contributed by atoms with Gasteiger partial charge in [0.25, 0.3) is 0 Å². The normalized spacial score (nSPS) is 10.7. The molecule has 0 saturated heterocycles. The summed E-state index contributed by atoms with van der Waals surface area (Å²) >= 11 is 0. The van der Waals surface area contributed by atoms with E-state index in [1.165, 1.54) is 20.4 Å². The molecule has 2 aromatic rings. The largest absolute Gasteiger partial charge is 0.502 e. The van der Waals surface area contributed by atoms with Crippen LogP contribution in [0.25, 0.3) is 0 Å². The molecule has 122 valence electrons. The summed E-state index contributed by atoms with van der Waals surface area (Å²) in [7, 11) is 4.76. The molecule has 1 aromatic heterocycles. The van der Waals surface area contributed by atoms with Crippen molar-refractivity contribution in [1.82, 2.24) is 9.99 Å². The Kier molecular flexibility index (Phi) is 5.24. The van der Waals surface area contributed by atoms with Crippen LogP contribution in [0.1, 0.15) is 11.3 Å². The van der Waals surface area contributed by atoms with E-state index in [2.05, 4.69) is 10.5 Å². The van der Waals surface area contributed by atoms with Crippen molar-refractivity contribution in [2.75, 3.05) is 14.2 Å². The Morgan fingerprint density at radius 2 is 2.00 bits per heavy atom. The van der Waals surface area contributed by atoms with Crippen LogP contribution in [0, 0.1) is 0 Å². The SMILES string of the molecule is COc1cc(/C=N\NC(=O)Cc2cccn2C)cc(OC)c1O. The molecule has 0 spiro atoms. The molecule has 0 aliphatic carbocycles. The number of nitrogens with one attached hydrogen (secondary N) is 1. The van der Waals surface area contributed by atoms with Crippen molar-refractivity contribution >= 4 is 12.1 Å². The zero-order chi connectivity index (χ0) is 16.8. The molecule has 0 unspecified atom stereocenters. The number of hydrazone groups is 1. The average Bonchev–Trinajstić information content (AvgIpc) is 2.93. The molecule has 7 nitrogen and oxygen atoms in total. The number of aryl methyl sites for hydroxylation is 1. The Hall–Kier alpha value is -2.96. The van der Waals surface area contributed by atoms with Gasteiger partial charge in [-0.25, -0.2) is 5.43 Å². The molecule has 0 saturated carbocycles. The highest BCUT2D eigenvalue weighted by atomic mass is 16.5. The van der Waals surface area contributed by atoms with Crippen LogP contribution in [0.15, 0.2) is 35.6 Å². The summed E-state index contributed by atoms with van der Waals surface area (Å²) in [6.07, 6.45) is 3.57. The number of methoxy groups -OCH3 is 2. The highest BCUT2D eigenvalue weighted by Crippen LogP contribution is 2.36. The number of rotatable bonds is 6. The highest BCUT2D eigenvalue weighted by Gasteiger charge is 2.10. The molecule has 23 heavy (non-hydrogen) atoms. The summed E-state index contributed by atoms with van der Waals surface area (Å²) in [6, 6.07) is 6.93. The van der Waals surface area contributed by atoms with Gasteiger partial charge in [-0.15, -0.1) is 0 Å². The van der Waals surface area contributed by atoms with Crippen LogP contribution >= 0.6 is 0 Å². The molecule has 0 atom stereocenters. The molecule has 1 amide bonds. The smallest absolute Gasteiger partial charge is 0.245 e. The highest BCUT2D eigenvalue weighted by molar-refractivity contribution is 5.84. The zero-order valence-electron chi connectivity index (χ0n) is 13.2. The van der Waals surface area contributed by atoms with Gasteiger partial charge in [-0.3, -0.25) is 4.79 Å². The van der Waals surface area contributed by atoms with Crippen LogP contribution < -0.4 is 14.9 Å². The van der Waals surface area contributed by atoms with E-state index < -0.39 is 0 Å². The number of aromatic hydroxyl groups is 1. The van der Waals surface area contributed by atoms with Crippen LogP contribution in [0.4, 0.5) is 0 Å². The molecule has 0 aliphatic rings. The minimum Gasteiger partial charge on any atom is -0.502 e. The Morgan fingerprint density at radius 1 is 1.35 bits per heavy atom. The van der Waals surface area contributed by atoms with Gasteiger partial charge >= 0.3 is 0 Å². The quantitative estimate of drug-likeness (QED) is 0.623. The van der Waals surface area contributed by atoms with Crippen LogP contribution in [-0.2, 0) is 18.3 Å².